The van der Waals surface area contributed by atoms with Crippen LogP contribution in [-0.4, -0.2) is 55.1 Å². The van der Waals surface area contributed by atoms with Crippen LogP contribution < -0.4 is 4.72 Å². The average Bonchev–Trinajstić information content (AvgIpc) is 3.14. The molecule has 0 aliphatic carbocycles. The highest BCUT2D eigenvalue weighted by Crippen LogP contribution is 2.22. The third-order valence-electron chi connectivity index (χ3n) is 4.81. The Morgan fingerprint density at radius 1 is 0.923 bits per heavy atom. The van der Waals surface area contributed by atoms with E-state index in [2.05, 4.69) is 4.72 Å². The molecule has 1 unspecified atom stereocenters. The Kier molecular flexibility index (Phi) is 6.34. The van der Waals surface area contributed by atoms with E-state index in [0.29, 0.717) is 19.8 Å². The Balaban J connectivity index is 1.64. The van der Waals surface area contributed by atoms with Gasteiger partial charge in [0.1, 0.15) is 0 Å². The second-order valence-electron chi connectivity index (χ2n) is 6.80. The largest absolute Gasteiger partial charge is 0.381 e. The van der Waals surface area contributed by atoms with E-state index in [1.807, 2.05) is 0 Å². The minimum absolute atomic E-state index is 0.0560. The maximum absolute atomic E-state index is 12.5. The number of rotatable bonds is 7. The monoisotopic (exact) mass is 403 g/mol. The lowest BCUT2D eigenvalue weighted by molar-refractivity contribution is 0.0723. The van der Waals surface area contributed by atoms with Crippen molar-refractivity contribution in [2.75, 3.05) is 32.1 Å². The standard InChI is InChI=1S/C17H25NO6S2/c19-25(20,13-14-7-10-23-11-8-14)16-3-5-17(6-4-16)26(21,22)18-12-15-2-1-9-24-15/h3-6,14-15,18H,1-2,7-13H2. The van der Waals surface area contributed by atoms with Crippen LogP contribution in [0.2, 0.25) is 0 Å². The zero-order valence-electron chi connectivity index (χ0n) is 14.6. The predicted octanol–water partition coefficient (Wildman–Crippen LogP) is 1.34. The molecule has 0 saturated carbocycles. The van der Waals surface area contributed by atoms with Gasteiger partial charge >= 0.3 is 0 Å². The van der Waals surface area contributed by atoms with Gasteiger partial charge in [-0.3, -0.25) is 0 Å². The number of ether oxygens (including phenoxy) is 2. The fourth-order valence-corrected chi connectivity index (χ4v) is 6.00. The summed E-state index contributed by atoms with van der Waals surface area (Å²) >= 11 is 0. The average molecular weight is 404 g/mol. The molecule has 1 aromatic rings. The first-order valence-corrected chi connectivity index (χ1v) is 12.0. The first-order valence-electron chi connectivity index (χ1n) is 8.89. The Labute approximate surface area is 155 Å². The van der Waals surface area contributed by atoms with Crippen molar-refractivity contribution in [2.24, 2.45) is 5.92 Å². The smallest absolute Gasteiger partial charge is 0.240 e. The SMILES string of the molecule is O=S(=O)(CC1CCOCC1)c1ccc(S(=O)(=O)NCC2CCCO2)cc1. The van der Waals surface area contributed by atoms with Crippen molar-refractivity contribution in [3.63, 3.8) is 0 Å². The lowest BCUT2D eigenvalue weighted by Crippen LogP contribution is -2.31. The fraction of sp³-hybridized carbons (Fsp3) is 0.647. The quantitative estimate of drug-likeness (QED) is 0.738. The molecular weight excluding hydrogens is 378 g/mol. The summed E-state index contributed by atoms with van der Waals surface area (Å²) in [5, 5.41) is 0. The van der Waals surface area contributed by atoms with E-state index in [1.165, 1.54) is 24.3 Å². The van der Waals surface area contributed by atoms with E-state index in [9.17, 15) is 16.8 Å². The molecule has 0 spiro atoms. The van der Waals surface area contributed by atoms with Gasteiger partial charge in [-0.1, -0.05) is 0 Å². The van der Waals surface area contributed by atoms with Crippen LogP contribution in [0.5, 0.6) is 0 Å². The highest BCUT2D eigenvalue weighted by Gasteiger charge is 2.24. The van der Waals surface area contributed by atoms with Crippen LogP contribution >= 0.6 is 0 Å². The highest BCUT2D eigenvalue weighted by molar-refractivity contribution is 7.91. The molecular formula is C17H25NO6S2. The molecule has 3 rings (SSSR count). The molecule has 7 nitrogen and oxygen atoms in total. The van der Waals surface area contributed by atoms with Crippen molar-refractivity contribution in [3.8, 4) is 0 Å². The maximum atomic E-state index is 12.5. The predicted molar refractivity (Wildman–Crippen MR) is 96.2 cm³/mol. The van der Waals surface area contributed by atoms with Crippen molar-refractivity contribution >= 4 is 19.9 Å². The zero-order valence-corrected chi connectivity index (χ0v) is 16.2. The van der Waals surface area contributed by atoms with Crippen LogP contribution in [0, 0.1) is 5.92 Å². The van der Waals surface area contributed by atoms with Gasteiger partial charge in [-0.15, -0.1) is 0 Å². The Hall–Kier alpha value is -1.00. The van der Waals surface area contributed by atoms with Gasteiger partial charge in [0, 0.05) is 26.4 Å². The molecule has 0 radical (unpaired) electrons. The fourth-order valence-electron chi connectivity index (χ4n) is 3.24. The number of nitrogens with one attached hydrogen (secondary N) is 1. The molecule has 0 bridgehead atoms. The Morgan fingerprint density at radius 2 is 1.58 bits per heavy atom. The van der Waals surface area contributed by atoms with E-state index in [1.54, 1.807) is 0 Å². The maximum Gasteiger partial charge on any atom is 0.240 e. The Bertz CT molecular complexity index is 792. The second-order valence-corrected chi connectivity index (χ2v) is 10.6. The summed E-state index contributed by atoms with van der Waals surface area (Å²) in [5.74, 6) is 0.157. The molecule has 2 aliphatic heterocycles. The molecule has 0 amide bonds. The first-order chi connectivity index (χ1) is 12.4. The summed E-state index contributed by atoms with van der Waals surface area (Å²) in [5.41, 5.74) is 0. The third-order valence-corrected chi connectivity index (χ3v) is 8.15. The van der Waals surface area contributed by atoms with Crippen molar-refractivity contribution < 1.29 is 26.3 Å². The van der Waals surface area contributed by atoms with Crippen LogP contribution in [0.1, 0.15) is 25.7 Å². The summed E-state index contributed by atoms with van der Waals surface area (Å²) in [7, 11) is -7.12. The van der Waals surface area contributed by atoms with Crippen LogP contribution in [0.3, 0.4) is 0 Å². The summed E-state index contributed by atoms with van der Waals surface area (Å²) in [6.07, 6.45) is 3.15. The lowest BCUT2D eigenvalue weighted by atomic mass is 10.0. The number of benzene rings is 1. The van der Waals surface area contributed by atoms with E-state index in [4.69, 9.17) is 9.47 Å². The van der Waals surface area contributed by atoms with E-state index in [0.717, 1.165) is 25.7 Å². The minimum atomic E-state index is -3.68. The second kappa shape index (κ2) is 8.35. The van der Waals surface area contributed by atoms with Gasteiger partial charge < -0.3 is 9.47 Å². The van der Waals surface area contributed by atoms with Crippen molar-refractivity contribution in [2.45, 2.75) is 41.6 Å². The third kappa shape index (κ3) is 5.04. The number of hydrogen-bond donors (Lipinski definition) is 1. The molecule has 2 heterocycles. The molecule has 2 saturated heterocycles. The van der Waals surface area contributed by atoms with E-state index in [-0.39, 0.29) is 34.1 Å². The van der Waals surface area contributed by atoms with Crippen molar-refractivity contribution in [1.82, 2.24) is 4.72 Å². The summed E-state index contributed by atoms with van der Waals surface area (Å²) < 4.78 is 62.9. The molecule has 2 aliphatic rings. The van der Waals surface area contributed by atoms with Crippen molar-refractivity contribution in [3.05, 3.63) is 24.3 Å². The molecule has 26 heavy (non-hydrogen) atoms. The molecule has 146 valence electrons. The lowest BCUT2D eigenvalue weighted by Gasteiger charge is -2.21. The Morgan fingerprint density at radius 3 is 2.19 bits per heavy atom. The number of hydrogen-bond acceptors (Lipinski definition) is 6. The molecule has 9 heteroatoms. The normalized spacial score (nSPS) is 22.5. The van der Waals surface area contributed by atoms with Crippen LogP contribution in [-0.2, 0) is 29.3 Å². The topological polar surface area (TPSA) is 98.8 Å². The summed E-state index contributed by atoms with van der Waals surface area (Å²) in [6, 6.07) is 5.42. The minimum Gasteiger partial charge on any atom is -0.381 e. The zero-order chi connectivity index (χ0) is 18.6. The van der Waals surface area contributed by atoms with Crippen molar-refractivity contribution in [1.29, 1.82) is 0 Å². The summed E-state index contributed by atoms with van der Waals surface area (Å²) in [6.45, 7) is 2.07. The van der Waals surface area contributed by atoms with E-state index >= 15 is 0 Å². The first kappa shape index (κ1) is 19.8. The summed E-state index contributed by atoms with van der Waals surface area (Å²) in [4.78, 5) is 0.211. The number of sulfone groups is 1. The van der Waals surface area contributed by atoms with Crippen LogP contribution in [0.4, 0.5) is 0 Å². The van der Waals surface area contributed by atoms with Gasteiger partial charge in [0.2, 0.25) is 10.0 Å². The molecule has 0 aromatic heterocycles. The van der Waals surface area contributed by atoms with Gasteiger partial charge in [-0.2, -0.15) is 0 Å². The molecule has 1 aromatic carbocycles. The van der Waals surface area contributed by atoms with Crippen LogP contribution in [0.15, 0.2) is 34.1 Å². The van der Waals surface area contributed by atoms with E-state index < -0.39 is 19.9 Å². The van der Waals surface area contributed by atoms with Gasteiger partial charge in [0.15, 0.2) is 9.84 Å². The van der Waals surface area contributed by atoms with Gasteiger partial charge in [0.25, 0.3) is 0 Å². The van der Waals surface area contributed by atoms with Gasteiger partial charge in [-0.05, 0) is 55.9 Å². The molecule has 1 N–H and O–H groups in total. The van der Waals surface area contributed by atoms with Gasteiger partial charge in [-0.25, -0.2) is 21.6 Å². The number of sulfonamides is 1. The highest BCUT2D eigenvalue weighted by atomic mass is 32.2. The van der Waals surface area contributed by atoms with Gasteiger partial charge in [0.05, 0.1) is 21.6 Å². The molecule has 1 atom stereocenters. The molecule has 2 fully saturated rings. The van der Waals surface area contributed by atoms with Crippen LogP contribution in [0.25, 0.3) is 0 Å².